The molecular formula is C12H19NO. The van der Waals surface area contributed by atoms with Crippen molar-refractivity contribution in [1.82, 2.24) is 4.90 Å². The van der Waals surface area contributed by atoms with Crippen LogP contribution in [0.15, 0.2) is 12.7 Å². The van der Waals surface area contributed by atoms with E-state index in [-0.39, 0.29) is 18.1 Å². The summed E-state index contributed by atoms with van der Waals surface area (Å²) in [6.45, 7) is 8.73. The first kappa shape index (κ1) is 11.3. The Bertz CT molecular complexity index is 263. The zero-order valence-electron chi connectivity index (χ0n) is 9.20. The second kappa shape index (κ2) is 4.63. The van der Waals surface area contributed by atoms with Gasteiger partial charge < -0.3 is 10.0 Å². The smallest absolute Gasteiger partial charge is 0.0832 e. The summed E-state index contributed by atoms with van der Waals surface area (Å²) in [5, 5.41) is 10.0. The maximum absolute atomic E-state index is 10.0. The molecule has 0 aromatic rings. The SMILES string of the molecule is C=CC#CC1C(C)CN(C)C(C)C1O. The van der Waals surface area contributed by atoms with Gasteiger partial charge in [-0.05, 0) is 26.0 Å². The van der Waals surface area contributed by atoms with Crippen LogP contribution in [0.3, 0.4) is 0 Å². The number of rotatable bonds is 0. The van der Waals surface area contributed by atoms with Crippen molar-refractivity contribution >= 4 is 0 Å². The Morgan fingerprint density at radius 1 is 1.50 bits per heavy atom. The van der Waals surface area contributed by atoms with Crippen molar-refractivity contribution in [2.75, 3.05) is 13.6 Å². The van der Waals surface area contributed by atoms with Crippen molar-refractivity contribution in [3.05, 3.63) is 12.7 Å². The maximum atomic E-state index is 10.0. The van der Waals surface area contributed by atoms with E-state index in [1.165, 1.54) is 0 Å². The lowest BCUT2D eigenvalue weighted by molar-refractivity contribution is -0.0178. The third kappa shape index (κ3) is 2.17. The third-order valence-electron chi connectivity index (χ3n) is 3.10. The minimum atomic E-state index is -0.351. The minimum Gasteiger partial charge on any atom is -0.390 e. The molecule has 1 saturated heterocycles. The van der Waals surface area contributed by atoms with Gasteiger partial charge in [-0.2, -0.15) is 0 Å². The summed E-state index contributed by atoms with van der Waals surface area (Å²) in [6.07, 6.45) is 1.23. The quantitative estimate of drug-likeness (QED) is 0.583. The first-order valence-corrected chi connectivity index (χ1v) is 5.08. The van der Waals surface area contributed by atoms with Crippen LogP contribution in [-0.2, 0) is 0 Å². The van der Waals surface area contributed by atoms with Gasteiger partial charge in [-0.15, -0.1) is 0 Å². The van der Waals surface area contributed by atoms with Crippen LogP contribution in [-0.4, -0.2) is 35.7 Å². The number of likely N-dealkylation sites (N-methyl/N-ethyl adjacent to an activating group) is 1. The summed E-state index contributed by atoms with van der Waals surface area (Å²) in [5.74, 6) is 6.42. The molecule has 0 spiro atoms. The predicted octanol–water partition coefficient (Wildman–Crippen LogP) is 1.12. The van der Waals surface area contributed by atoms with Crippen LogP contribution in [0, 0.1) is 23.7 Å². The standard InChI is InChI=1S/C12H19NO/c1-5-6-7-11-9(2)8-13(4)10(3)12(11)14/h5,9-12,14H,1,8H2,2-4H3. The van der Waals surface area contributed by atoms with E-state index < -0.39 is 0 Å². The molecule has 0 aromatic carbocycles. The van der Waals surface area contributed by atoms with Gasteiger partial charge in [0.05, 0.1) is 12.0 Å². The first-order chi connectivity index (χ1) is 6.57. The predicted molar refractivity (Wildman–Crippen MR) is 58.7 cm³/mol. The second-order valence-corrected chi connectivity index (χ2v) is 4.17. The number of piperidine rings is 1. The molecule has 4 atom stereocenters. The van der Waals surface area contributed by atoms with Crippen LogP contribution in [0.2, 0.25) is 0 Å². The molecule has 1 fully saturated rings. The van der Waals surface area contributed by atoms with Crippen LogP contribution in [0.25, 0.3) is 0 Å². The first-order valence-electron chi connectivity index (χ1n) is 5.08. The molecule has 1 heterocycles. The van der Waals surface area contributed by atoms with Gasteiger partial charge in [0.1, 0.15) is 0 Å². The molecule has 4 unspecified atom stereocenters. The van der Waals surface area contributed by atoms with Gasteiger partial charge in [0.2, 0.25) is 0 Å². The van der Waals surface area contributed by atoms with Crippen molar-refractivity contribution in [3.63, 3.8) is 0 Å². The van der Waals surface area contributed by atoms with E-state index in [1.807, 2.05) is 14.0 Å². The van der Waals surface area contributed by atoms with Gasteiger partial charge >= 0.3 is 0 Å². The average Bonchev–Trinajstić information content (AvgIpc) is 2.14. The largest absolute Gasteiger partial charge is 0.390 e. The molecule has 1 aliphatic rings. The molecule has 0 aromatic heterocycles. The van der Waals surface area contributed by atoms with Gasteiger partial charge in [0.25, 0.3) is 0 Å². The van der Waals surface area contributed by atoms with Crippen molar-refractivity contribution in [1.29, 1.82) is 0 Å². The normalized spacial score (nSPS) is 38.6. The van der Waals surface area contributed by atoms with E-state index in [9.17, 15) is 5.11 Å². The molecule has 1 aliphatic heterocycles. The van der Waals surface area contributed by atoms with Crippen LogP contribution >= 0.6 is 0 Å². The number of nitrogens with zero attached hydrogens (tertiary/aromatic N) is 1. The van der Waals surface area contributed by atoms with E-state index in [0.29, 0.717) is 5.92 Å². The van der Waals surface area contributed by atoms with Gasteiger partial charge in [0, 0.05) is 12.6 Å². The Kier molecular flexibility index (Phi) is 3.74. The van der Waals surface area contributed by atoms with E-state index >= 15 is 0 Å². The van der Waals surface area contributed by atoms with E-state index in [0.717, 1.165) is 6.54 Å². The number of hydrogen-bond acceptors (Lipinski definition) is 2. The number of aliphatic hydroxyl groups is 1. The van der Waals surface area contributed by atoms with E-state index in [4.69, 9.17) is 0 Å². The fourth-order valence-corrected chi connectivity index (χ4v) is 2.01. The molecule has 78 valence electrons. The Labute approximate surface area is 86.6 Å². The van der Waals surface area contributed by atoms with Crippen LogP contribution in [0.1, 0.15) is 13.8 Å². The van der Waals surface area contributed by atoms with Gasteiger partial charge in [-0.1, -0.05) is 25.3 Å². The number of hydrogen-bond donors (Lipinski definition) is 1. The summed E-state index contributed by atoms with van der Waals surface area (Å²) in [4.78, 5) is 2.18. The Morgan fingerprint density at radius 3 is 2.71 bits per heavy atom. The third-order valence-corrected chi connectivity index (χ3v) is 3.10. The van der Waals surface area contributed by atoms with Crippen molar-refractivity contribution < 1.29 is 5.11 Å². The lowest BCUT2D eigenvalue weighted by Crippen LogP contribution is -2.52. The molecule has 0 amide bonds. The topological polar surface area (TPSA) is 23.5 Å². The summed E-state index contributed by atoms with van der Waals surface area (Å²) in [6, 6.07) is 0.190. The highest BCUT2D eigenvalue weighted by molar-refractivity contribution is 5.17. The minimum absolute atomic E-state index is 0.0826. The molecule has 0 saturated carbocycles. The number of aliphatic hydroxyl groups excluding tert-OH is 1. The summed E-state index contributed by atoms with van der Waals surface area (Å²) >= 11 is 0. The van der Waals surface area contributed by atoms with Gasteiger partial charge in [-0.25, -0.2) is 0 Å². The van der Waals surface area contributed by atoms with Crippen molar-refractivity contribution in [3.8, 4) is 11.8 Å². The lowest BCUT2D eigenvalue weighted by atomic mass is 9.81. The highest BCUT2D eigenvalue weighted by Crippen LogP contribution is 2.26. The highest BCUT2D eigenvalue weighted by Gasteiger charge is 2.35. The van der Waals surface area contributed by atoms with Crippen LogP contribution in [0.4, 0.5) is 0 Å². The van der Waals surface area contributed by atoms with Crippen LogP contribution in [0.5, 0.6) is 0 Å². The molecular weight excluding hydrogens is 174 g/mol. The van der Waals surface area contributed by atoms with Crippen molar-refractivity contribution in [2.45, 2.75) is 26.0 Å². The summed E-state index contributed by atoms with van der Waals surface area (Å²) in [7, 11) is 2.04. The molecule has 0 bridgehead atoms. The fraction of sp³-hybridized carbons (Fsp3) is 0.667. The maximum Gasteiger partial charge on any atom is 0.0832 e. The monoisotopic (exact) mass is 193 g/mol. The molecule has 1 N–H and O–H groups in total. The van der Waals surface area contributed by atoms with E-state index in [2.05, 4.69) is 30.2 Å². The molecule has 1 rings (SSSR count). The zero-order valence-corrected chi connectivity index (χ0v) is 9.20. The molecule has 0 aliphatic carbocycles. The molecule has 2 nitrogen and oxygen atoms in total. The number of allylic oxidation sites excluding steroid dienone is 1. The Hall–Kier alpha value is -0.780. The molecule has 14 heavy (non-hydrogen) atoms. The van der Waals surface area contributed by atoms with Crippen molar-refractivity contribution in [2.24, 2.45) is 11.8 Å². The number of likely N-dealkylation sites (tertiary alicyclic amines) is 1. The van der Waals surface area contributed by atoms with Crippen LogP contribution < -0.4 is 0 Å². The second-order valence-electron chi connectivity index (χ2n) is 4.17. The van der Waals surface area contributed by atoms with Gasteiger partial charge in [-0.3, -0.25) is 0 Å². The summed E-state index contributed by atoms with van der Waals surface area (Å²) < 4.78 is 0. The van der Waals surface area contributed by atoms with Gasteiger partial charge in [0.15, 0.2) is 0 Å². The zero-order chi connectivity index (χ0) is 10.7. The molecule has 0 radical (unpaired) electrons. The Morgan fingerprint density at radius 2 is 2.14 bits per heavy atom. The summed E-state index contributed by atoms with van der Waals surface area (Å²) in [5.41, 5.74) is 0. The fourth-order valence-electron chi connectivity index (χ4n) is 2.01. The van der Waals surface area contributed by atoms with E-state index in [1.54, 1.807) is 6.08 Å². The average molecular weight is 193 g/mol. The Balaban J connectivity index is 2.78. The highest BCUT2D eigenvalue weighted by atomic mass is 16.3. The lowest BCUT2D eigenvalue weighted by Gasteiger charge is -2.41. The molecule has 2 heteroatoms.